The Hall–Kier alpha value is -1.33. The summed E-state index contributed by atoms with van der Waals surface area (Å²) in [5.41, 5.74) is 0.712. The molecule has 1 aromatic heterocycles. The van der Waals surface area contributed by atoms with E-state index in [4.69, 9.17) is 0 Å². The summed E-state index contributed by atoms with van der Waals surface area (Å²) in [4.78, 5) is 19.3. The molecule has 0 bridgehead atoms. The molecule has 1 fully saturated rings. The first-order valence-corrected chi connectivity index (χ1v) is 8.25. The number of nitrogens with one attached hydrogen (secondary N) is 2. The summed E-state index contributed by atoms with van der Waals surface area (Å²) in [5.74, 6) is 4.04. The van der Waals surface area contributed by atoms with Crippen LogP contribution in [0.2, 0.25) is 0 Å². The molecule has 3 rings (SSSR count). The lowest BCUT2D eigenvalue weighted by Crippen LogP contribution is -2.27. The Morgan fingerprint density at radius 3 is 2.95 bits per heavy atom. The van der Waals surface area contributed by atoms with Crippen LogP contribution in [-0.4, -0.2) is 28.0 Å². The molecule has 2 aromatic rings. The van der Waals surface area contributed by atoms with E-state index in [-0.39, 0.29) is 5.56 Å². The maximum Gasteiger partial charge on any atom is 0.258 e. The molecular formula is C15H19N3OS. The summed E-state index contributed by atoms with van der Waals surface area (Å²) >= 11 is 2.04. The van der Waals surface area contributed by atoms with E-state index in [9.17, 15) is 4.79 Å². The molecule has 2 heterocycles. The summed E-state index contributed by atoms with van der Waals surface area (Å²) in [6.45, 7) is 1.64. The van der Waals surface area contributed by atoms with Gasteiger partial charge in [0.2, 0.25) is 0 Å². The van der Waals surface area contributed by atoms with Gasteiger partial charge in [-0.15, -0.1) is 0 Å². The van der Waals surface area contributed by atoms with E-state index in [0.29, 0.717) is 11.9 Å². The number of hydrogen-bond acceptors (Lipinski definition) is 4. The summed E-state index contributed by atoms with van der Waals surface area (Å²) in [6, 6.07) is 7.45. The molecule has 0 spiro atoms. The highest BCUT2D eigenvalue weighted by Gasteiger charge is 2.13. The zero-order chi connectivity index (χ0) is 13.8. The number of benzene rings is 1. The average molecular weight is 289 g/mol. The van der Waals surface area contributed by atoms with Crippen molar-refractivity contribution in [3.8, 4) is 0 Å². The zero-order valence-corrected chi connectivity index (χ0v) is 12.2. The molecule has 4 nitrogen and oxygen atoms in total. The standard InChI is InChI=1S/C15H19N3OS/c19-15-12-3-1-2-4-13(12)17-14(18-15)10-16-9-11-5-7-20-8-6-11/h1-4,11,16H,5-10H2,(H,17,18,19). The molecule has 0 amide bonds. The largest absolute Gasteiger partial charge is 0.310 e. The van der Waals surface area contributed by atoms with Gasteiger partial charge in [0.25, 0.3) is 5.56 Å². The number of para-hydroxylation sites is 1. The second-order valence-corrected chi connectivity index (χ2v) is 6.44. The maximum absolute atomic E-state index is 11.9. The normalized spacial score (nSPS) is 16.6. The SMILES string of the molecule is O=c1[nH]c(CNCC2CCSCC2)nc2ccccc12. The summed E-state index contributed by atoms with van der Waals surface area (Å²) in [7, 11) is 0. The third-order valence-electron chi connectivity index (χ3n) is 3.73. The Kier molecular flexibility index (Phi) is 4.38. The van der Waals surface area contributed by atoms with Crippen molar-refractivity contribution in [2.45, 2.75) is 19.4 Å². The van der Waals surface area contributed by atoms with Gasteiger partial charge in [0, 0.05) is 0 Å². The van der Waals surface area contributed by atoms with Crippen molar-refractivity contribution in [3.05, 3.63) is 40.4 Å². The fourth-order valence-electron chi connectivity index (χ4n) is 2.56. The van der Waals surface area contributed by atoms with Crippen LogP contribution in [0.5, 0.6) is 0 Å². The van der Waals surface area contributed by atoms with Gasteiger partial charge in [-0.05, 0) is 48.9 Å². The molecular weight excluding hydrogens is 270 g/mol. The van der Waals surface area contributed by atoms with Crippen LogP contribution in [0.4, 0.5) is 0 Å². The van der Waals surface area contributed by atoms with E-state index in [2.05, 4.69) is 15.3 Å². The number of H-pyrrole nitrogens is 1. The van der Waals surface area contributed by atoms with E-state index in [1.165, 1.54) is 24.3 Å². The van der Waals surface area contributed by atoms with Crippen LogP contribution in [0.3, 0.4) is 0 Å². The second-order valence-electron chi connectivity index (χ2n) is 5.22. The number of nitrogens with zero attached hydrogens (tertiary/aromatic N) is 1. The number of fused-ring (bicyclic) bond motifs is 1. The third kappa shape index (κ3) is 3.22. The minimum Gasteiger partial charge on any atom is -0.310 e. The van der Waals surface area contributed by atoms with Gasteiger partial charge in [-0.2, -0.15) is 11.8 Å². The van der Waals surface area contributed by atoms with Crippen LogP contribution in [0.25, 0.3) is 10.9 Å². The third-order valence-corrected chi connectivity index (χ3v) is 4.78. The quantitative estimate of drug-likeness (QED) is 0.905. The highest BCUT2D eigenvalue weighted by Crippen LogP contribution is 2.21. The van der Waals surface area contributed by atoms with E-state index in [0.717, 1.165) is 23.8 Å². The van der Waals surface area contributed by atoms with Crippen molar-refractivity contribution >= 4 is 22.7 Å². The lowest BCUT2D eigenvalue weighted by molar-refractivity contribution is 0.444. The molecule has 0 unspecified atom stereocenters. The molecule has 0 saturated carbocycles. The summed E-state index contributed by atoms with van der Waals surface area (Å²) < 4.78 is 0. The number of rotatable bonds is 4. The van der Waals surface area contributed by atoms with E-state index >= 15 is 0 Å². The van der Waals surface area contributed by atoms with Gasteiger partial charge in [-0.1, -0.05) is 12.1 Å². The molecule has 1 aliphatic rings. The number of aromatic amines is 1. The van der Waals surface area contributed by atoms with Gasteiger partial charge in [0.1, 0.15) is 5.82 Å². The topological polar surface area (TPSA) is 57.8 Å². The van der Waals surface area contributed by atoms with Crippen LogP contribution in [0.15, 0.2) is 29.1 Å². The predicted octanol–water partition coefficient (Wildman–Crippen LogP) is 2.16. The Morgan fingerprint density at radius 2 is 2.10 bits per heavy atom. The van der Waals surface area contributed by atoms with Crippen LogP contribution >= 0.6 is 11.8 Å². The predicted molar refractivity (Wildman–Crippen MR) is 84.1 cm³/mol. The molecule has 0 atom stereocenters. The van der Waals surface area contributed by atoms with Crippen molar-refractivity contribution < 1.29 is 0 Å². The first kappa shape index (κ1) is 13.6. The molecule has 106 valence electrons. The van der Waals surface area contributed by atoms with Crippen molar-refractivity contribution in [2.24, 2.45) is 5.92 Å². The van der Waals surface area contributed by atoms with Gasteiger partial charge in [0.15, 0.2) is 0 Å². The minimum absolute atomic E-state index is 0.0542. The van der Waals surface area contributed by atoms with Gasteiger partial charge in [-0.3, -0.25) is 4.79 Å². The molecule has 2 N–H and O–H groups in total. The Balaban J connectivity index is 1.64. The summed E-state index contributed by atoms with van der Waals surface area (Å²) in [6.07, 6.45) is 2.58. The molecule has 1 saturated heterocycles. The number of thioether (sulfide) groups is 1. The second kappa shape index (κ2) is 6.41. The maximum atomic E-state index is 11.9. The first-order valence-electron chi connectivity index (χ1n) is 7.09. The lowest BCUT2D eigenvalue weighted by atomic mass is 10.0. The van der Waals surface area contributed by atoms with Crippen molar-refractivity contribution in [2.75, 3.05) is 18.1 Å². The van der Waals surface area contributed by atoms with Crippen LogP contribution in [0, 0.1) is 5.92 Å². The molecule has 1 aromatic carbocycles. The molecule has 20 heavy (non-hydrogen) atoms. The minimum atomic E-state index is -0.0542. The van der Waals surface area contributed by atoms with Crippen molar-refractivity contribution in [3.63, 3.8) is 0 Å². The lowest BCUT2D eigenvalue weighted by Gasteiger charge is -2.21. The summed E-state index contributed by atoms with van der Waals surface area (Å²) in [5, 5.41) is 4.07. The van der Waals surface area contributed by atoms with E-state index in [1.807, 2.05) is 30.0 Å². The first-order chi connectivity index (χ1) is 9.83. The van der Waals surface area contributed by atoms with Crippen LogP contribution in [-0.2, 0) is 6.54 Å². The van der Waals surface area contributed by atoms with Crippen LogP contribution in [0.1, 0.15) is 18.7 Å². The van der Waals surface area contributed by atoms with Gasteiger partial charge >= 0.3 is 0 Å². The molecule has 1 aliphatic heterocycles. The zero-order valence-electron chi connectivity index (χ0n) is 11.4. The van der Waals surface area contributed by atoms with Gasteiger partial charge < -0.3 is 10.3 Å². The smallest absolute Gasteiger partial charge is 0.258 e. The van der Waals surface area contributed by atoms with Crippen LogP contribution < -0.4 is 10.9 Å². The highest BCUT2D eigenvalue weighted by atomic mass is 32.2. The van der Waals surface area contributed by atoms with Crippen molar-refractivity contribution in [1.29, 1.82) is 0 Å². The van der Waals surface area contributed by atoms with E-state index < -0.39 is 0 Å². The number of aromatic nitrogens is 2. The van der Waals surface area contributed by atoms with Gasteiger partial charge in [0.05, 0.1) is 17.4 Å². The Bertz CT molecular complexity index is 634. The monoisotopic (exact) mass is 289 g/mol. The molecule has 5 heteroatoms. The van der Waals surface area contributed by atoms with E-state index in [1.54, 1.807) is 6.07 Å². The average Bonchev–Trinajstić information content (AvgIpc) is 2.48. The van der Waals surface area contributed by atoms with Crippen molar-refractivity contribution in [1.82, 2.24) is 15.3 Å². The Labute approximate surface area is 122 Å². The Morgan fingerprint density at radius 1 is 1.30 bits per heavy atom. The number of hydrogen-bond donors (Lipinski definition) is 2. The fraction of sp³-hybridized carbons (Fsp3) is 0.467. The van der Waals surface area contributed by atoms with Gasteiger partial charge in [-0.25, -0.2) is 4.98 Å². The molecule has 0 aliphatic carbocycles. The highest BCUT2D eigenvalue weighted by molar-refractivity contribution is 7.99. The molecule has 0 radical (unpaired) electrons. The fourth-order valence-corrected chi connectivity index (χ4v) is 3.77.